The van der Waals surface area contributed by atoms with Crippen LogP contribution in [0.15, 0.2) is 85.2 Å². The van der Waals surface area contributed by atoms with E-state index in [9.17, 15) is 4.79 Å². The molecular weight excluding hydrogens is 410 g/mol. The average Bonchev–Trinajstić information content (AvgIpc) is 3.53. The zero-order valence-electron chi connectivity index (χ0n) is 18.7. The number of benzene rings is 3. The maximum atomic E-state index is 13.7. The summed E-state index contributed by atoms with van der Waals surface area (Å²) in [5.74, 6) is 0.784. The molecule has 2 aromatic heterocycles. The molecule has 0 atom stereocenters. The number of H-pyrrole nitrogens is 2. The van der Waals surface area contributed by atoms with Gasteiger partial charge in [-0.3, -0.25) is 4.79 Å². The lowest BCUT2D eigenvalue weighted by molar-refractivity contribution is 0.0731. The summed E-state index contributed by atoms with van der Waals surface area (Å²) in [5.41, 5.74) is 5.04. The topological polar surface area (TPSA) is 61.1 Å². The lowest BCUT2D eigenvalue weighted by Crippen LogP contribution is -2.30. The van der Waals surface area contributed by atoms with Crippen LogP contribution in [-0.2, 0) is 13.1 Å². The van der Waals surface area contributed by atoms with Crippen molar-refractivity contribution in [2.75, 3.05) is 6.61 Å². The van der Waals surface area contributed by atoms with Crippen LogP contribution in [0, 0.1) is 0 Å². The zero-order valence-corrected chi connectivity index (χ0v) is 18.7. The Kier molecular flexibility index (Phi) is 5.85. The number of hydrogen-bond donors (Lipinski definition) is 2. The molecule has 0 bridgehead atoms. The van der Waals surface area contributed by atoms with E-state index >= 15 is 0 Å². The minimum atomic E-state index is -0.00267. The van der Waals surface area contributed by atoms with Crippen LogP contribution in [0.1, 0.15) is 34.8 Å². The SMILES string of the molecule is CCCOc1ccc(C(=O)N(Cc2cccc3[nH]ccc23)Cc2cccc3[nH]ccc23)cc1. The molecule has 0 saturated carbocycles. The molecule has 2 N–H and O–H groups in total. The summed E-state index contributed by atoms with van der Waals surface area (Å²) in [6.45, 7) is 3.78. The Morgan fingerprint density at radius 2 is 1.36 bits per heavy atom. The molecule has 0 radical (unpaired) electrons. The summed E-state index contributed by atoms with van der Waals surface area (Å²) < 4.78 is 5.69. The number of fused-ring (bicyclic) bond motifs is 2. The van der Waals surface area contributed by atoms with Gasteiger partial charge in [0.15, 0.2) is 0 Å². The van der Waals surface area contributed by atoms with E-state index in [1.165, 1.54) is 0 Å². The zero-order chi connectivity index (χ0) is 22.6. The van der Waals surface area contributed by atoms with Gasteiger partial charge in [-0.05, 0) is 66.1 Å². The maximum Gasteiger partial charge on any atom is 0.254 e. The summed E-state index contributed by atoms with van der Waals surface area (Å²) in [7, 11) is 0. The highest BCUT2D eigenvalue weighted by atomic mass is 16.5. The highest BCUT2D eigenvalue weighted by Crippen LogP contribution is 2.25. The number of nitrogens with one attached hydrogen (secondary N) is 2. The first-order valence-corrected chi connectivity index (χ1v) is 11.3. The van der Waals surface area contributed by atoms with Crippen LogP contribution in [0.4, 0.5) is 0 Å². The lowest BCUT2D eigenvalue weighted by atomic mass is 10.1. The first-order valence-electron chi connectivity index (χ1n) is 11.3. The van der Waals surface area contributed by atoms with Gasteiger partial charge in [-0.15, -0.1) is 0 Å². The number of hydrogen-bond acceptors (Lipinski definition) is 2. The highest BCUT2D eigenvalue weighted by molar-refractivity contribution is 5.95. The number of ether oxygens (including phenoxy) is 1. The van der Waals surface area contributed by atoms with Gasteiger partial charge in [0.2, 0.25) is 0 Å². The summed E-state index contributed by atoms with van der Waals surface area (Å²) in [5, 5.41) is 2.27. The van der Waals surface area contributed by atoms with Crippen LogP contribution in [0.2, 0.25) is 0 Å². The van der Waals surface area contributed by atoms with Gasteiger partial charge in [-0.2, -0.15) is 0 Å². The Morgan fingerprint density at radius 1 is 0.788 bits per heavy atom. The number of amides is 1. The van der Waals surface area contributed by atoms with Crippen LogP contribution in [0.25, 0.3) is 21.8 Å². The Morgan fingerprint density at radius 3 is 1.91 bits per heavy atom. The molecule has 5 nitrogen and oxygen atoms in total. The predicted octanol–water partition coefficient (Wildman–Crippen LogP) is 6.28. The molecular formula is C28H27N3O2. The number of carbonyl (C=O) groups is 1. The number of nitrogens with zero attached hydrogens (tertiary/aromatic N) is 1. The second-order valence-electron chi connectivity index (χ2n) is 8.25. The minimum absolute atomic E-state index is 0.00267. The van der Waals surface area contributed by atoms with Crippen molar-refractivity contribution in [3.05, 3.63) is 102 Å². The van der Waals surface area contributed by atoms with Crippen LogP contribution in [-0.4, -0.2) is 27.4 Å². The van der Waals surface area contributed by atoms with E-state index in [2.05, 4.69) is 53.3 Å². The monoisotopic (exact) mass is 437 g/mol. The van der Waals surface area contributed by atoms with E-state index in [1.54, 1.807) is 0 Å². The first kappa shape index (κ1) is 20.9. The lowest BCUT2D eigenvalue weighted by Gasteiger charge is -2.24. The van der Waals surface area contributed by atoms with Crippen molar-refractivity contribution in [3.63, 3.8) is 0 Å². The van der Waals surface area contributed by atoms with Crippen LogP contribution in [0.3, 0.4) is 0 Å². The Labute approximate surface area is 193 Å². The molecule has 0 aliphatic heterocycles. The molecule has 1 amide bonds. The second kappa shape index (κ2) is 9.25. The Balaban J connectivity index is 1.48. The Hall–Kier alpha value is -3.99. The molecule has 33 heavy (non-hydrogen) atoms. The number of rotatable bonds is 8. The van der Waals surface area contributed by atoms with Crippen LogP contribution in [0.5, 0.6) is 5.75 Å². The fraction of sp³-hybridized carbons (Fsp3) is 0.179. The van der Waals surface area contributed by atoms with Gasteiger partial charge in [0.25, 0.3) is 5.91 Å². The van der Waals surface area contributed by atoms with Gasteiger partial charge in [0, 0.05) is 52.9 Å². The summed E-state index contributed by atoms with van der Waals surface area (Å²) >= 11 is 0. The predicted molar refractivity (Wildman–Crippen MR) is 132 cm³/mol. The highest BCUT2D eigenvalue weighted by Gasteiger charge is 2.19. The van der Waals surface area contributed by atoms with E-state index in [0.29, 0.717) is 25.3 Å². The maximum absolute atomic E-state index is 13.7. The molecule has 0 spiro atoms. The van der Waals surface area contributed by atoms with Crippen molar-refractivity contribution in [1.82, 2.24) is 14.9 Å². The van der Waals surface area contributed by atoms with Crippen molar-refractivity contribution in [2.24, 2.45) is 0 Å². The van der Waals surface area contributed by atoms with Gasteiger partial charge in [-0.1, -0.05) is 31.2 Å². The van der Waals surface area contributed by atoms with Gasteiger partial charge in [0.1, 0.15) is 5.75 Å². The smallest absolute Gasteiger partial charge is 0.254 e. The molecule has 0 saturated heterocycles. The average molecular weight is 438 g/mol. The molecule has 0 unspecified atom stereocenters. The molecule has 0 aliphatic carbocycles. The molecule has 2 heterocycles. The molecule has 166 valence electrons. The Bertz CT molecular complexity index is 1310. The molecule has 5 aromatic rings. The fourth-order valence-corrected chi connectivity index (χ4v) is 4.28. The summed E-state index contributed by atoms with van der Waals surface area (Å²) in [6, 6.07) is 24.0. The third-order valence-corrected chi connectivity index (χ3v) is 5.95. The summed E-state index contributed by atoms with van der Waals surface area (Å²) in [4.78, 5) is 22.2. The van der Waals surface area contributed by atoms with Crippen molar-refractivity contribution in [2.45, 2.75) is 26.4 Å². The first-order chi connectivity index (χ1) is 16.2. The van der Waals surface area contributed by atoms with E-state index in [1.807, 2.05) is 53.7 Å². The quantitative estimate of drug-likeness (QED) is 0.300. The minimum Gasteiger partial charge on any atom is -0.494 e. The molecule has 0 aliphatic rings. The molecule has 5 rings (SSSR count). The second-order valence-corrected chi connectivity index (χ2v) is 8.25. The largest absolute Gasteiger partial charge is 0.494 e. The fourth-order valence-electron chi connectivity index (χ4n) is 4.28. The third-order valence-electron chi connectivity index (χ3n) is 5.95. The third kappa shape index (κ3) is 4.35. The van der Waals surface area contributed by atoms with E-state index in [-0.39, 0.29) is 5.91 Å². The number of aromatic amines is 2. The van der Waals surface area contributed by atoms with Crippen LogP contribution >= 0.6 is 0 Å². The van der Waals surface area contributed by atoms with Crippen LogP contribution < -0.4 is 4.74 Å². The van der Waals surface area contributed by atoms with Gasteiger partial charge in [0.05, 0.1) is 6.61 Å². The van der Waals surface area contributed by atoms with Gasteiger partial charge in [-0.25, -0.2) is 0 Å². The van der Waals surface area contributed by atoms with Gasteiger partial charge < -0.3 is 19.6 Å². The van der Waals surface area contributed by atoms with Crippen molar-refractivity contribution in [1.29, 1.82) is 0 Å². The number of carbonyl (C=O) groups excluding carboxylic acids is 1. The summed E-state index contributed by atoms with van der Waals surface area (Å²) in [6.07, 6.45) is 4.83. The number of aromatic nitrogens is 2. The van der Waals surface area contributed by atoms with Crippen molar-refractivity contribution in [3.8, 4) is 5.75 Å². The normalized spacial score (nSPS) is 11.2. The van der Waals surface area contributed by atoms with E-state index < -0.39 is 0 Å². The molecule has 0 fully saturated rings. The van der Waals surface area contributed by atoms with Crippen molar-refractivity contribution >= 4 is 27.7 Å². The standard InChI is InChI=1S/C28H27N3O2/c1-2-17-33-23-11-9-20(10-12-23)28(32)31(18-21-5-3-7-26-24(21)13-15-29-26)19-22-6-4-8-27-25(22)14-16-30-27/h3-16,29-30H,2,17-19H2,1H3. The van der Waals surface area contributed by atoms with Crippen molar-refractivity contribution < 1.29 is 9.53 Å². The van der Waals surface area contributed by atoms with E-state index in [4.69, 9.17) is 4.74 Å². The molecule has 5 heteroatoms. The molecule has 3 aromatic carbocycles. The van der Waals surface area contributed by atoms with E-state index in [0.717, 1.165) is 45.1 Å². The van der Waals surface area contributed by atoms with Gasteiger partial charge >= 0.3 is 0 Å².